The molecule has 3 heterocycles. The van der Waals surface area contributed by atoms with Crippen LogP contribution in [-0.4, -0.2) is 22.0 Å². The number of hydrogen-bond donors (Lipinski definition) is 2. The van der Waals surface area contributed by atoms with Crippen molar-refractivity contribution in [1.29, 1.82) is 0 Å². The zero-order valence-electron chi connectivity index (χ0n) is 10.1. The number of aromatic nitrogens is 2. The molecule has 0 atom stereocenters. The van der Waals surface area contributed by atoms with Crippen LogP contribution >= 0.6 is 0 Å². The van der Waals surface area contributed by atoms with Crippen molar-refractivity contribution in [3.05, 3.63) is 35.7 Å². The summed E-state index contributed by atoms with van der Waals surface area (Å²) in [6.45, 7) is 0.696. The Morgan fingerprint density at radius 2 is 2.28 bits per heavy atom. The highest BCUT2D eigenvalue weighted by Crippen LogP contribution is 2.27. The summed E-state index contributed by atoms with van der Waals surface area (Å²) in [5.41, 5.74) is 9.50. The molecule has 0 saturated heterocycles. The molecule has 0 spiro atoms. The molecule has 2 aromatic rings. The van der Waals surface area contributed by atoms with Gasteiger partial charge in [-0.1, -0.05) is 0 Å². The lowest BCUT2D eigenvalue weighted by Crippen LogP contribution is -2.31. The van der Waals surface area contributed by atoms with E-state index in [0.717, 1.165) is 28.9 Å². The summed E-state index contributed by atoms with van der Waals surface area (Å²) in [6, 6.07) is 5.63. The second-order valence-electron chi connectivity index (χ2n) is 4.42. The summed E-state index contributed by atoms with van der Waals surface area (Å²) in [6.07, 6.45) is 2.54. The zero-order chi connectivity index (χ0) is 12.7. The Morgan fingerprint density at radius 1 is 1.44 bits per heavy atom. The van der Waals surface area contributed by atoms with E-state index >= 15 is 0 Å². The van der Waals surface area contributed by atoms with Crippen LogP contribution in [-0.2, 0) is 13.5 Å². The Bertz CT molecular complexity index is 630. The van der Waals surface area contributed by atoms with Gasteiger partial charge in [0.25, 0.3) is 5.91 Å². The Morgan fingerprint density at radius 3 is 3.00 bits per heavy atom. The van der Waals surface area contributed by atoms with E-state index in [0.29, 0.717) is 12.4 Å². The van der Waals surface area contributed by atoms with Gasteiger partial charge in [0.2, 0.25) is 0 Å². The molecule has 0 aromatic carbocycles. The van der Waals surface area contributed by atoms with Gasteiger partial charge in [-0.3, -0.25) is 4.79 Å². The molecule has 92 valence electrons. The maximum atomic E-state index is 11.8. The average molecular weight is 242 g/mol. The van der Waals surface area contributed by atoms with Crippen LogP contribution in [0.1, 0.15) is 16.1 Å². The van der Waals surface area contributed by atoms with Crippen molar-refractivity contribution in [2.24, 2.45) is 7.05 Å². The van der Waals surface area contributed by atoms with Crippen molar-refractivity contribution < 1.29 is 4.79 Å². The average Bonchev–Trinajstić information content (AvgIpc) is 2.69. The van der Waals surface area contributed by atoms with Crippen LogP contribution in [0.25, 0.3) is 11.3 Å². The predicted octanol–water partition coefficient (Wildman–Crippen LogP) is 0.955. The van der Waals surface area contributed by atoms with Crippen LogP contribution in [0, 0.1) is 0 Å². The number of anilines is 1. The Labute approximate surface area is 105 Å². The third-order valence-electron chi connectivity index (χ3n) is 3.33. The van der Waals surface area contributed by atoms with Crippen molar-refractivity contribution in [1.82, 2.24) is 14.9 Å². The predicted molar refractivity (Wildman–Crippen MR) is 69.1 cm³/mol. The third kappa shape index (κ3) is 1.55. The first kappa shape index (κ1) is 10.8. The van der Waals surface area contributed by atoms with Gasteiger partial charge in [0.05, 0.1) is 5.56 Å². The van der Waals surface area contributed by atoms with Gasteiger partial charge in [0.1, 0.15) is 5.82 Å². The topological polar surface area (TPSA) is 72.9 Å². The molecule has 0 unspecified atom stereocenters. The lowest BCUT2D eigenvalue weighted by molar-refractivity contribution is 0.0945. The summed E-state index contributed by atoms with van der Waals surface area (Å²) in [4.78, 5) is 15.8. The normalized spacial score (nSPS) is 14.2. The van der Waals surface area contributed by atoms with Crippen LogP contribution in [0.5, 0.6) is 0 Å². The number of fused-ring (bicyclic) bond motifs is 1. The first-order chi connectivity index (χ1) is 8.66. The van der Waals surface area contributed by atoms with Crippen molar-refractivity contribution in [2.45, 2.75) is 6.42 Å². The van der Waals surface area contributed by atoms with Crippen molar-refractivity contribution in [3.63, 3.8) is 0 Å². The van der Waals surface area contributed by atoms with Gasteiger partial charge in [-0.15, -0.1) is 0 Å². The Hall–Kier alpha value is -2.30. The van der Waals surface area contributed by atoms with Gasteiger partial charge in [0.15, 0.2) is 0 Å². The highest BCUT2D eigenvalue weighted by Gasteiger charge is 2.22. The monoisotopic (exact) mass is 242 g/mol. The van der Waals surface area contributed by atoms with Gasteiger partial charge < -0.3 is 15.6 Å². The zero-order valence-corrected chi connectivity index (χ0v) is 10.1. The molecule has 0 saturated carbocycles. The third-order valence-corrected chi connectivity index (χ3v) is 3.33. The second-order valence-corrected chi connectivity index (χ2v) is 4.42. The van der Waals surface area contributed by atoms with Crippen molar-refractivity contribution >= 4 is 11.7 Å². The lowest BCUT2D eigenvalue weighted by Gasteiger charge is -2.14. The molecule has 0 bridgehead atoms. The van der Waals surface area contributed by atoms with Gasteiger partial charge >= 0.3 is 0 Å². The van der Waals surface area contributed by atoms with E-state index in [-0.39, 0.29) is 5.91 Å². The molecule has 3 rings (SSSR count). The SMILES string of the molecule is Cn1c(-c2ccnc(N)c2)cc2c1CCNC2=O. The van der Waals surface area contributed by atoms with E-state index in [2.05, 4.69) is 14.9 Å². The molecule has 2 aromatic heterocycles. The van der Waals surface area contributed by atoms with E-state index < -0.39 is 0 Å². The number of carbonyl (C=O) groups is 1. The number of rotatable bonds is 1. The largest absolute Gasteiger partial charge is 0.384 e. The molecular formula is C13H14N4O. The minimum Gasteiger partial charge on any atom is -0.384 e. The van der Waals surface area contributed by atoms with Gasteiger partial charge in [-0.05, 0) is 18.2 Å². The van der Waals surface area contributed by atoms with E-state index in [1.165, 1.54) is 0 Å². The molecule has 1 aliphatic heterocycles. The summed E-state index contributed by atoms with van der Waals surface area (Å²) >= 11 is 0. The van der Waals surface area contributed by atoms with Crippen LogP contribution in [0.3, 0.4) is 0 Å². The summed E-state index contributed by atoms with van der Waals surface area (Å²) in [5.74, 6) is 0.483. The molecule has 1 aliphatic rings. The lowest BCUT2D eigenvalue weighted by atomic mass is 10.1. The molecule has 5 nitrogen and oxygen atoms in total. The first-order valence-corrected chi connectivity index (χ1v) is 5.85. The number of nitrogens with one attached hydrogen (secondary N) is 1. The van der Waals surface area contributed by atoms with Crippen molar-refractivity contribution in [3.8, 4) is 11.3 Å². The van der Waals surface area contributed by atoms with Gasteiger partial charge in [-0.2, -0.15) is 0 Å². The first-order valence-electron chi connectivity index (χ1n) is 5.85. The molecule has 0 fully saturated rings. The second kappa shape index (κ2) is 3.87. The molecule has 3 N–H and O–H groups in total. The van der Waals surface area contributed by atoms with Crippen molar-refractivity contribution in [2.75, 3.05) is 12.3 Å². The highest BCUT2D eigenvalue weighted by atomic mass is 16.1. The maximum Gasteiger partial charge on any atom is 0.253 e. The number of hydrogen-bond acceptors (Lipinski definition) is 3. The summed E-state index contributed by atoms with van der Waals surface area (Å²) in [5, 5.41) is 2.85. The van der Waals surface area contributed by atoms with Gasteiger partial charge in [-0.25, -0.2) is 4.98 Å². The van der Waals surface area contributed by atoms with E-state index in [1.54, 1.807) is 6.20 Å². The maximum absolute atomic E-state index is 11.8. The summed E-state index contributed by atoms with van der Waals surface area (Å²) < 4.78 is 2.06. The fraction of sp³-hybridized carbons (Fsp3) is 0.231. The minimum atomic E-state index is 0.000119. The molecule has 0 radical (unpaired) electrons. The number of carbonyl (C=O) groups excluding carboxylic acids is 1. The van der Waals surface area contributed by atoms with Crippen LogP contribution < -0.4 is 11.1 Å². The van der Waals surface area contributed by atoms with E-state index in [1.807, 2.05) is 25.2 Å². The fourth-order valence-corrected chi connectivity index (χ4v) is 2.42. The minimum absolute atomic E-state index is 0.000119. The Balaban J connectivity index is 2.17. The van der Waals surface area contributed by atoms with Crippen LogP contribution in [0.15, 0.2) is 24.4 Å². The number of nitrogen functional groups attached to an aromatic ring is 1. The summed E-state index contributed by atoms with van der Waals surface area (Å²) in [7, 11) is 1.98. The standard InChI is InChI=1S/C13H14N4O/c1-17-10-3-5-16-13(18)9(10)7-11(17)8-2-4-15-12(14)6-8/h2,4,6-7H,3,5H2,1H3,(H2,14,15)(H,16,18). The molecule has 5 heteroatoms. The number of pyridine rings is 1. The number of amides is 1. The van der Waals surface area contributed by atoms with Crippen LogP contribution in [0.4, 0.5) is 5.82 Å². The van der Waals surface area contributed by atoms with Crippen LogP contribution in [0.2, 0.25) is 0 Å². The quantitative estimate of drug-likeness (QED) is 0.782. The highest BCUT2D eigenvalue weighted by molar-refractivity contribution is 5.98. The Kier molecular flexibility index (Phi) is 2.33. The van der Waals surface area contributed by atoms with Gasteiger partial charge in [0, 0.05) is 43.2 Å². The molecular weight excluding hydrogens is 228 g/mol. The fourth-order valence-electron chi connectivity index (χ4n) is 2.42. The number of nitrogens with zero attached hydrogens (tertiary/aromatic N) is 2. The molecule has 1 amide bonds. The molecule has 0 aliphatic carbocycles. The number of nitrogens with two attached hydrogens (primary N) is 1. The van der Waals surface area contributed by atoms with E-state index in [9.17, 15) is 4.79 Å². The van der Waals surface area contributed by atoms with E-state index in [4.69, 9.17) is 5.73 Å². The smallest absolute Gasteiger partial charge is 0.253 e. The molecule has 18 heavy (non-hydrogen) atoms.